The smallest absolute Gasteiger partial charge is 0.246 e. The molecule has 0 fully saturated rings. The SMILES string of the molecule is CCCCCOc1c(C#N)oc2ccccc12. The summed E-state index contributed by atoms with van der Waals surface area (Å²) < 4.78 is 11.1. The molecule has 0 N–H and O–H groups in total. The fourth-order valence-electron chi connectivity index (χ4n) is 1.77. The van der Waals surface area contributed by atoms with E-state index in [-0.39, 0.29) is 5.76 Å². The van der Waals surface area contributed by atoms with Crippen molar-refractivity contribution in [2.45, 2.75) is 26.2 Å². The van der Waals surface area contributed by atoms with Crippen LogP contribution in [0.3, 0.4) is 0 Å². The molecule has 2 aromatic rings. The first-order valence-corrected chi connectivity index (χ1v) is 5.91. The third-order valence-corrected chi connectivity index (χ3v) is 2.65. The molecule has 3 heteroatoms. The van der Waals surface area contributed by atoms with Gasteiger partial charge in [-0.15, -0.1) is 0 Å². The zero-order chi connectivity index (χ0) is 12.1. The van der Waals surface area contributed by atoms with Crippen LogP contribution in [0.1, 0.15) is 31.9 Å². The van der Waals surface area contributed by atoms with Crippen molar-refractivity contribution in [1.82, 2.24) is 0 Å². The van der Waals surface area contributed by atoms with E-state index in [9.17, 15) is 0 Å². The van der Waals surface area contributed by atoms with Crippen LogP contribution >= 0.6 is 0 Å². The highest BCUT2D eigenvalue weighted by Crippen LogP contribution is 2.32. The van der Waals surface area contributed by atoms with Crippen molar-refractivity contribution in [1.29, 1.82) is 5.26 Å². The Morgan fingerprint density at radius 3 is 2.88 bits per heavy atom. The topological polar surface area (TPSA) is 46.2 Å². The zero-order valence-corrected chi connectivity index (χ0v) is 9.90. The van der Waals surface area contributed by atoms with Gasteiger partial charge >= 0.3 is 0 Å². The molecule has 2 rings (SSSR count). The molecule has 0 amide bonds. The number of nitriles is 1. The molecule has 0 radical (unpaired) electrons. The predicted octanol–water partition coefficient (Wildman–Crippen LogP) is 3.87. The van der Waals surface area contributed by atoms with Crippen molar-refractivity contribution >= 4 is 11.0 Å². The van der Waals surface area contributed by atoms with E-state index in [1.54, 1.807) is 0 Å². The summed E-state index contributed by atoms with van der Waals surface area (Å²) in [6.45, 7) is 2.78. The molecular formula is C14H15NO2. The summed E-state index contributed by atoms with van der Waals surface area (Å²) in [4.78, 5) is 0. The van der Waals surface area contributed by atoms with Crippen molar-refractivity contribution in [3.63, 3.8) is 0 Å². The maximum Gasteiger partial charge on any atom is 0.246 e. The van der Waals surface area contributed by atoms with E-state index in [0.717, 1.165) is 24.6 Å². The molecule has 0 aliphatic carbocycles. The Hall–Kier alpha value is -1.95. The number of fused-ring (bicyclic) bond motifs is 1. The number of hydrogen-bond donors (Lipinski definition) is 0. The quantitative estimate of drug-likeness (QED) is 0.731. The van der Waals surface area contributed by atoms with Gasteiger partial charge in [-0.2, -0.15) is 5.26 Å². The summed E-state index contributed by atoms with van der Waals surface area (Å²) in [5, 5.41) is 9.87. The lowest BCUT2D eigenvalue weighted by Gasteiger charge is -2.03. The Kier molecular flexibility index (Phi) is 3.66. The number of furan rings is 1. The van der Waals surface area contributed by atoms with Crippen molar-refractivity contribution in [2.75, 3.05) is 6.61 Å². The Balaban J connectivity index is 2.22. The molecule has 0 aliphatic heterocycles. The Bertz CT molecular complexity index is 537. The van der Waals surface area contributed by atoms with Gasteiger partial charge in [0.05, 0.1) is 12.0 Å². The number of nitrogens with zero attached hydrogens (tertiary/aromatic N) is 1. The lowest BCUT2D eigenvalue weighted by Crippen LogP contribution is -1.97. The second-order valence-corrected chi connectivity index (χ2v) is 3.92. The second-order valence-electron chi connectivity index (χ2n) is 3.92. The van der Waals surface area contributed by atoms with Crippen LogP contribution < -0.4 is 4.74 Å². The van der Waals surface area contributed by atoms with Crippen LogP contribution in [0.15, 0.2) is 28.7 Å². The third kappa shape index (κ3) is 2.42. The first kappa shape index (κ1) is 11.5. The molecule has 1 aromatic heterocycles. The summed E-state index contributed by atoms with van der Waals surface area (Å²) in [5.41, 5.74) is 0.703. The first-order valence-electron chi connectivity index (χ1n) is 5.91. The number of rotatable bonds is 5. The standard InChI is InChI=1S/C14H15NO2/c1-2-3-6-9-16-14-11-7-4-5-8-12(11)17-13(14)10-15/h4-5,7-8H,2-3,6,9H2,1H3. The van der Waals surface area contributed by atoms with Gasteiger partial charge < -0.3 is 9.15 Å². The van der Waals surface area contributed by atoms with E-state index in [1.165, 1.54) is 0 Å². The molecule has 0 atom stereocenters. The lowest BCUT2D eigenvalue weighted by molar-refractivity contribution is 0.304. The molecule has 0 bridgehead atoms. The van der Waals surface area contributed by atoms with Crippen molar-refractivity contribution < 1.29 is 9.15 Å². The summed E-state index contributed by atoms with van der Waals surface area (Å²) >= 11 is 0. The highest BCUT2D eigenvalue weighted by molar-refractivity contribution is 5.86. The molecule has 0 spiro atoms. The van der Waals surface area contributed by atoms with Gasteiger partial charge in [0.25, 0.3) is 0 Å². The minimum atomic E-state index is 0.266. The Morgan fingerprint density at radius 2 is 2.12 bits per heavy atom. The molecule has 0 aliphatic rings. The number of para-hydroxylation sites is 1. The molecular weight excluding hydrogens is 214 g/mol. The van der Waals surface area contributed by atoms with Crippen LogP contribution in [-0.2, 0) is 0 Å². The predicted molar refractivity (Wildman–Crippen MR) is 65.9 cm³/mol. The molecule has 88 valence electrons. The number of ether oxygens (including phenoxy) is 1. The monoisotopic (exact) mass is 229 g/mol. The van der Waals surface area contributed by atoms with Crippen molar-refractivity contribution in [3.05, 3.63) is 30.0 Å². The summed E-state index contributed by atoms with van der Waals surface area (Å²) in [6, 6.07) is 9.59. The van der Waals surface area contributed by atoms with Gasteiger partial charge in [-0.1, -0.05) is 31.9 Å². The number of unbranched alkanes of at least 4 members (excludes halogenated alkanes) is 2. The van der Waals surface area contributed by atoms with Gasteiger partial charge in [0.1, 0.15) is 11.7 Å². The highest BCUT2D eigenvalue weighted by Gasteiger charge is 2.14. The van der Waals surface area contributed by atoms with Gasteiger partial charge in [0.2, 0.25) is 5.76 Å². The average molecular weight is 229 g/mol. The summed E-state index contributed by atoms with van der Waals surface area (Å²) in [6.07, 6.45) is 3.29. The molecule has 1 aromatic carbocycles. The lowest BCUT2D eigenvalue weighted by atomic mass is 10.2. The van der Waals surface area contributed by atoms with E-state index in [1.807, 2.05) is 30.3 Å². The average Bonchev–Trinajstić information content (AvgIpc) is 2.73. The van der Waals surface area contributed by atoms with Gasteiger partial charge in [-0.05, 0) is 18.6 Å². The van der Waals surface area contributed by atoms with Gasteiger partial charge in [-0.25, -0.2) is 0 Å². The fraction of sp³-hybridized carbons (Fsp3) is 0.357. The largest absolute Gasteiger partial charge is 0.488 e. The fourth-order valence-corrected chi connectivity index (χ4v) is 1.77. The molecule has 0 saturated heterocycles. The minimum absolute atomic E-state index is 0.266. The van der Waals surface area contributed by atoms with E-state index in [2.05, 4.69) is 6.92 Å². The van der Waals surface area contributed by atoms with Crippen molar-refractivity contribution in [3.8, 4) is 11.8 Å². The van der Waals surface area contributed by atoms with E-state index in [0.29, 0.717) is 17.9 Å². The number of benzene rings is 1. The highest BCUT2D eigenvalue weighted by atomic mass is 16.5. The van der Waals surface area contributed by atoms with Crippen molar-refractivity contribution in [2.24, 2.45) is 0 Å². The van der Waals surface area contributed by atoms with Crippen LogP contribution in [-0.4, -0.2) is 6.61 Å². The van der Waals surface area contributed by atoms with Crippen LogP contribution in [0.5, 0.6) is 5.75 Å². The van der Waals surface area contributed by atoms with Gasteiger partial charge in [0.15, 0.2) is 5.75 Å². The maximum absolute atomic E-state index is 9.00. The van der Waals surface area contributed by atoms with E-state index >= 15 is 0 Å². The van der Waals surface area contributed by atoms with Gasteiger partial charge in [0, 0.05) is 0 Å². The molecule has 0 saturated carbocycles. The molecule has 3 nitrogen and oxygen atoms in total. The minimum Gasteiger partial charge on any atom is -0.488 e. The normalized spacial score (nSPS) is 10.4. The maximum atomic E-state index is 9.00. The van der Waals surface area contributed by atoms with Gasteiger partial charge in [-0.3, -0.25) is 0 Å². The second kappa shape index (κ2) is 5.40. The first-order chi connectivity index (χ1) is 8.36. The van der Waals surface area contributed by atoms with E-state index in [4.69, 9.17) is 14.4 Å². The summed E-state index contributed by atoms with van der Waals surface area (Å²) in [7, 11) is 0. The van der Waals surface area contributed by atoms with Crippen LogP contribution in [0.25, 0.3) is 11.0 Å². The Morgan fingerprint density at radius 1 is 1.29 bits per heavy atom. The number of hydrogen-bond acceptors (Lipinski definition) is 3. The third-order valence-electron chi connectivity index (χ3n) is 2.65. The molecule has 0 unspecified atom stereocenters. The molecule has 1 heterocycles. The van der Waals surface area contributed by atoms with E-state index < -0.39 is 0 Å². The summed E-state index contributed by atoms with van der Waals surface area (Å²) in [5.74, 6) is 0.849. The van der Waals surface area contributed by atoms with Crippen LogP contribution in [0, 0.1) is 11.3 Å². The van der Waals surface area contributed by atoms with Crippen LogP contribution in [0.4, 0.5) is 0 Å². The van der Waals surface area contributed by atoms with Crippen LogP contribution in [0.2, 0.25) is 0 Å². The Labute approximate surface area is 101 Å². The zero-order valence-electron chi connectivity index (χ0n) is 9.90. The molecule has 17 heavy (non-hydrogen) atoms.